The minimum atomic E-state index is 0.880. The van der Waals surface area contributed by atoms with E-state index in [4.69, 9.17) is 0 Å². The van der Waals surface area contributed by atoms with Crippen molar-refractivity contribution in [2.45, 2.75) is 9.92 Å². The van der Waals surface area contributed by atoms with Crippen LogP contribution in [0.5, 0.6) is 0 Å². The average molecular weight is 318 g/mol. The van der Waals surface area contributed by atoms with Crippen molar-refractivity contribution in [3.8, 4) is 0 Å². The van der Waals surface area contributed by atoms with Crippen LogP contribution in [-0.4, -0.2) is 15.0 Å². The van der Waals surface area contributed by atoms with Crippen molar-refractivity contribution in [1.29, 1.82) is 0 Å². The number of rotatable bonds is 2. The van der Waals surface area contributed by atoms with Crippen LogP contribution in [-0.2, 0) is 0 Å². The lowest BCUT2D eigenvalue weighted by Gasteiger charge is -2.04. The van der Waals surface area contributed by atoms with Gasteiger partial charge >= 0.3 is 0 Å². The summed E-state index contributed by atoms with van der Waals surface area (Å²) in [7, 11) is 0. The predicted molar refractivity (Wildman–Crippen MR) is 75.6 cm³/mol. The second-order valence-corrected chi connectivity index (χ2v) is 5.58. The quantitative estimate of drug-likeness (QED) is 0.717. The van der Waals surface area contributed by atoms with Gasteiger partial charge in [-0.05, 0) is 40.2 Å². The molecule has 0 bridgehead atoms. The van der Waals surface area contributed by atoms with Crippen LogP contribution in [0.4, 0.5) is 0 Å². The largest absolute Gasteiger partial charge is 0.254 e. The molecule has 0 aliphatic carbocycles. The molecule has 5 heteroatoms. The van der Waals surface area contributed by atoms with Gasteiger partial charge in [0.15, 0.2) is 0 Å². The van der Waals surface area contributed by atoms with E-state index >= 15 is 0 Å². The number of aromatic nitrogens is 3. The topological polar surface area (TPSA) is 38.7 Å². The standard InChI is InChI=1S/C13H8BrN3S/c14-9-7-10-13(17-8-9)11(4-6-15-10)18-12-3-1-2-5-16-12/h1-8H. The Morgan fingerprint density at radius 1 is 1.00 bits per heavy atom. The van der Waals surface area contributed by atoms with Crippen LogP contribution in [0.25, 0.3) is 11.0 Å². The zero-order valence-corrected chi connectivity index (χ0v) is 11.6. The molecule has 3 aromatic rings. The number of halogens is 1. The number of fused-ring (bicyclic) bond motifs is 1. The third-order valence-corrected chi connectivity index (χ3v) is 3.79. The van der Waals surface area contributed by atoms with Gasteiger partial charge in [0.2, 0.25) is 0 Å². The van der Waals surface area contributed by atoms with E-state index in [1.165, 1.54) is 0 Å². The summed E-state index contributed by atoms with van der Waals surface area (Å²) in [6.07, 6.45) is 5.37. The fourth-order valence-electron chi connectivity index (χ4n) is 1.58. The Balaban J connectivity index is 2.07. The highest BCUT2D eigenvalue weighted by Crippen LogP contribution is 2.30. The molecule has 0 spiro atoms. The number of pyridine rings is 3. The van der Waals surface area contributed by atoms with Crippen molar-refractivity contribution in [3.63, 3.8) is 0 Å². The molecule has 0 saturated carbocycles. The zero-order valence-electron chi connectivity index (χ0n) is 9.25. The molecule has 0 unspecified atom stereocenters. The molecule has 3 aromatic heterocycles. The summed E-state index contributed by atoms with van der Waals surface area (Å²) in [5, 5.41) is 0.953. The molecule has 0 atom stereocenters. The monoisotopic (exact) mass is 317 g/mol. The summed E-state index contributed by atoms with van der Waals surface area (Å²) in [6.45, 7) is 0. The Hall–Kier alpha value is -1.46. The summed E-state index contributed by atoms with van der Waals surface area (Å²) in [5.41, 5.74) is 1.78. The van der Waals surface area contributed by atoms with Gasteiger partial charge in [-0.1, -0.05) is 17.8 Å². The van der Waals surface area contributed by atoms with E-state index in [2.05, 4.69) is 30.9 Å². The molecule has 0 aliphatic rings. The molecule has 0 amide bonds. The van der Waals surface area contributed by atoms with Gasteiger partial charge in [-0.2, -0.15) is 0 Å². The fraction of sp³-hybridized carbons (Fsp3) is 0. The molecule has 3 nitrogen and oxygen atoms in total. The summed E-state index contributed by atoms with van der Waals surface area (Å²) >= 11 is 5.00. The maximum absolute atomic E-state index is 4.42. The molecule has 0 radical (unpaired) electrons. The molecular formula is C13H8BrN3S. The minimum Gasteiger partial charge on any atom is -0.254 e. The minimum absolute atomic E-state index is 0.880. The number of nitrogens with zero attached hydrogens (tertiary/aromatic N) is 3. The van der Waals surface area contributed by atoms with Crippen molar-refractivity contribution in [2.24, 2.45) is 0 Å². The normalized spacial score (nSPS) is 10.7. The molecule has 0 fully saturated rings. The van der Waals surface area contributed by atoms with Crippen LogP contribution in [0.1, 0.15) is 0 Å². The molecule has 3 heterocycles. The maximum Gasteiger partial charge on any atom is 0.103 e. The maximum atomic E-state index is 4.42. The highest BCUT2D eigenvalue weighted by molar-refractivity contribution is 9.10. The van der Waals surface area contributed by atoms with E-state index in [0.717, 1.165) is 25.4 Å². The zero-order chi connectivity index (χ0) is 12.4. The lowest BCUT2D eigenvalue weighted by molar-refractivity contribution is 1.13. The van der Waals surface area contributed by atoms with Crippen LogP contribution < -0.4 is 0 Å². The molecular weight excluding hydrogens is 310 g/mol. The van der Waals surface area contributed by atoms with Crippen molar-refractivity contribution >= 4 is 38.7 Å². The van der Waals surface area contributed by atoms with E-state index in [-0.39, 0.29) is 0 Å². The molecule has 3 rings (SSSR count). The Kier molecular flexibility index (Phi) is 3.25. The summed E-state index contributed by atoms with van der Waals surface area (Å²) in [6, 6.07) is 9.79. The smallest absolute Gasteiger partial charge is 0.103 e. The third kappa shape index (κ3) is 2.37. The van der Waals surface area contributed by atoms with Gasteiger partial charge in [-0.3, -0.25) is 9.97 Å². The Morgan fingerprint density at radius 2 is 1.94 bits per heavy atom. The van der Waals surface area contributed by atoms with Gasteiger partial charge in [-0.15, -0.1) is 0 Å². The summed E-state index contributed by atoms with van der Waals surface area (Å²) in [4.78, 5) is 14.1. The first-order valence-corrected chi connectivity index (χ1v) is 6.93. The molecule has 18 heavy (non-hydrogen) atoms. The molecule has 0 aromatic carbocycles. The third-order valence-electron chi connectivity index (χ3n) is 2.36. The van der Waals surface area contributed by atoms with Crippen LogP contribution in [0.2, 0.25) is 0 Å². The van der Waals surface area contributed by atoms with E-state index in [0.29, 0.717) is 0 Å². The van der Waals surface area contributed by atoms with Crippen LogP contribution in [0, 0.1) is 0 Å². The molecule has 88 valence electrons. The van der Waals surface area contributed by atoms with Crippen LogP contribution in [0.15, 0.2) is 63.3 Å². The van der Waals surface area contributed by atoms with Crippen LogP contribution >= 0.6 is 27.7 Å². The summed E-state index contributed by atoms with van der Waals surface area (Å²) in [5.74, 6) is 0. The van der Waals surface area contributed by atoms with E-state index in [1.807, 2.05) is 30.3 Å². The SMILES string of the molecule is Brc1cnc2c(Sc3ccccn3)ccnc2c1. The van der Waals surface area contributed by atoms with Gasteiger partial charge in [0.25, 0.3) is 0 Å². The molecule has 0 N–H and O–H groups in total. The number of hydrogen-bond acceptors (Lipinski definition) is 4. The first-order chi connectivity index (χ1) is 8.83. The van der Waals surface area contributed by atoms with E-state index in [1.54, 1.807) is 30.4 Å². The van der Waals surface area contributed by atoms with E-state index in [9.17, 15) is 0 Å². The van der Waals surface area contributed by atoms with Crippen molar-refractivity contribution in [2.75, 3.05) is 0 Å². The average Bonchev–Trinajstić information content (AvgIpc) is 2.40. The van der Waals surface area contributed by atoms with Gasteiger partial charge < -0.3 is 0 Å². The van der Waals surface area contributed by atoms with Gasteiger partial charge in [0, 0.05) is 28.0 Å². The lowest BCUT2D eigenvalue weighted by Crippen LogP contribution is -1.86. The van der Waals surface area contributed by atoms with Gasteiger partial charge in [0.1, 0.15) is 10.5 Å². The van der Waals surface area contributed by atoms with Crippen molar-refractivity contribution in [1.82, 2.24) is 15.0 Å². The van der Waals surface area contributed by atoms with Crippen molar-refractivity contribution < 1.29 is 0 Å². The second kappa shape index (κ2) is 5.04. The number of hydrogen-bond donors (Lipinski definition) is 0. The van der Waals surface area contributed by atoms with Gasteiger partial charge in [0.05, 0.1) is 5.52 Å². The highest BCUT2D eigenvalue weighted by Gasteiger charge is 2.06. The van der Waals surface area contributed by atoms with Crippen molar-refractivity contribution in [3.05, 3.63) is 53.4 Å². The first kappa shape index (κ1) is 11.6. The highest BCUT2D eigenvalue weighted by atomic mass is 79.9. The van der Waals surface area contributed by atoms with Gasteiger partial charge in [-0.25, -0.2) is 4.98 Å². The predicted octanol–water partition coefficient (Wildman–Crippen LogP) is 3.94. The second-order valence-electron chi connectivity index (χ2n) is 3.60. The first-order valence-electron chi connectivity index (χ1n) is 5.32. The Bertz CT molecular complexity index is 688. The molecule has 0 aliphatic heterocycles. The fourth-order valence-corrected chi connectivity index (χ4v) is 2.77. The summed E-state index contributed by atoms with van der Waals surface area (Å²) < 4.78 is 0.933. The van der Waals surface area contributed by atoms with E-state index < -0.39 is 0 Å². The lowest BCUT2D eigenvalue weighted by atomic mass is 10.3. The molecule has 0 saturated heterocycles. The Morgan fingerprint density at radius 3 is 2.78 bits per heavy atom. The van der Waals surface area contributed by atoms with Crippen LogP contribution in [0.3, 0.4) is 0 Å². The Labute approximate surface area is 117 Å².